The Morgan fingerprint density at radius 1 is 1.11 bits per heavy atom. The molecule has 1 N–H and O–H groups in total. The maximum Gasteiger partial charge on any atom is 0.326 e. The van der Waals surface area contributed by atoms with Crippen molar-refractivity contribution in [2.45, 2.75) is 19.1 Å². The van der Waals surface area contributed by atoms with Gasteiger partial charge in [0.05, 0.1) is 5.39 Å². The van der Waals surface area contributed by atoms with Crippen LogP contribution < -0.4 is 10.9 Å². The zero-order chi connectivity index (χ0) is 19.2. The van der Waals surface area contributed by atoms with Crippen molar-refractivity contribution < 1.29 is 9.59 Å². The highest BCUT2D eigenvalue weighted by Crippen LogP contribution is 2.30. The molecular formula is C18H14BrN5O3. The fraction of sp³-hybridized carbons (Fsp3) is 0.167. The summed E-state index contributed by atoms with van der Waals surface area (Å²) in [5, 5.41) is 10.9. The number of hydrogen-bond acceptors (Lipinski definition) is 5. The van der Waals surface area contributed by atoms with E-state index in [1.807, 2.05) is 6.07 Å². The number of imide groups is 1. The van der Waals surface area contributed by atoms with Gasteiger partial charge in [-0.05, 0) is 36.8 Å². The standard InChI is InChI=1S/C18H14BrN5O3/c1-18(11-5-4-6-12(19)9-11)16(26)23(17(27)20-18)10-24-15(25)13-7-2-3-8-14(13)21-22-24/h2-9H,10H2,1H3,(H,20,27). The van der Waals surface area contributed by atoms with Gasteiger partial charge in [-0.25, -0.2) is 9.69 Å². The maximum absolute atomic E-state index is 13.0. The van der Waals surface area contributed by atoms with Gasteiger partial charge < -0.3 is 5.32 Å². The highest BCUT2D eigenvalue weighted by atomic mass is 79.9. The van der Waals surface area contributed by atoms with Crippen molar-refractivity contribution in [2.24, 2.45) is 0 Å². The Morgan fingerprint density at radius 2 is 1.89 bits per heavy atom. The Kier molecular flexibility index (Phi) is 4.03. The van der Waals surface area contributed by atoms with Gasteiger partial charge in [0.2, 0.25) is 0 Å². The Hall–Kier alpha value is -3.07. The first-order chi connectivity index (χ1) is 12.9. The number of amides is 3. The van der Waals surface area contributed by atoms with E-state index in [0.29, 0.717) is 16.5 Å². The van der Waals surface area contributed by atoms with Gasteiger partial charge in [-0.1, -0.05) is 45.4 Å². The summed E-state index contributed by atoms with van der Waals surface area (Å²) in [7, 11) is 0. The van der Waals surface area contributed by atoms with E-state index >= 15 is 0 Å². The van der Waals surface area contributed by atoms with Crippen molar-refractivity contribution in [3.8, 4) is 0 Å². The number of rotatable bonds is 3. The number of halogens is 1. The Balaban J connectivity index is 1.69. The molecule has 9 heteroatoms. The van der Waals surface area contributed by atoms with Gasteiger partial charge in [0.25, 0.3) is 11.5 Å². The van der Waals surface area contributed by atoms with E-state index in [-0.39, 0.29) is 6.67 Å². The molecule has 1 saturated heterocycles. The van der Waals surface area contributed by atoms with Crippen molar-refractivity contribution >= 4 is 38.8 Å². The number of carbonyl (C=O) groups is 2. The molecule has 0 radical (unpaired) electrons. The first kappa shape index (κ1) is 17.3. The summed E-state index contributed by atoms with van der Waals surface area (Å²) in [4.78, 5) is 39.0. The number of urea groups is 1. The molecule has 3 aromatic rings. The fourth-order valence-electron chi connectivity index (χ4n) is 3.07. The molecule has 8 nitrogen and oxygen atoms in total. The second kappa shape index (κ2) is 6.27. The molecular weight excluding hydrogens is 414 g/mol. The van der Waals surface area contributed by atoms with Crippen LogP contribution in [0.2, 0.25) is 0 Å². The summed E-state index contributed by atoms with van der Waals surface area (Å²) in [6.45, 7) is 1.31. The van der Waals surface area contributed by atoms with Crippen LogP contribution in [0.3, 0.4) is 0 Å². The van der Waals surface area contributed by atoms with Crippen molar-refractivity contribution in [3.63, 3.8) is 0 Å². The largest absolute Gasteiger partial charge is 0.326 e. The van der Waals surface area contributed by atoms with Crippen LogP contribution in [0.15, 0.2) is 57.8 Å². The number of aromatic nitrogens is 3. The normalized spacial score (nSPS) is 19.6. The van der Waals surface area contributed by atoms with E-state index in [2.05, 4.69) is 31.6 Å². The summed E-state index contributed by atoms with van der Waals surface area (Å²) in [5.41, 5.74) is -0.559. The predicted octanol–water partition coefficient (Wildman–Crippen LogP) is 1.98. The smallest absolute Gasteiger partial charge is 0.319 e. The van der Waals surface area contributed by atoms with E-state index < -0.39 is 23.0 Å². The fourth-order valence-corrected chi connectivity index (χ4v) is 3.47. The highest BCUT2D eigenvalue weighted by Gasteiger charge is 2.49. The molecule has 0 spiro atoms. The number of benzene rings is 2. The van der Waals surface area contributed by atoms with Crippen molar-refractivity contribution in [1.29, 1.82) is 0 Å². The minimum Gasteiger partial charge on any atom is -0.319 e. The Bertz CT molecular complexity index is 1150. The average Bonchev–Trinajstić information content (AvgIpc) is 2.88. The minimum atomic E-state index is -1.23. The summed E-state index contributed by atoms with van der Waals surface area (Å²) in [6, 6.07) is 13.3. The molecule has 1 aliphatic rings. The average molecular weight is 428 g/mol. The molecule has 0 saturated carbocycles. The van der Waals surface area contributed by atoms with Crippen molar-refractivity contribution in [2.75, 3.05) is 0 Å². The molecule has 1 unspecified atom stereocenters. The zero-order valence-corrected chi connectivity index (χ0v) is 15.8. The van der Waals surface area contributed by atoms with Crippen LogP contribution in [0, 0.1) is 0 Å². The molecule has 0 aliphatic carbocycles. The minimum absolute atomic E-state index is 0.315. The van der Waals surface area contributed by atoms with Crippen LogP contribution >= 0.6 is 15.9 Å². The lowest BCUT2D eigenvalue weighted by Gasteiger charge is -2.22. The molecule has 1 atom stereocenters. The van der Waals surface area contributed by atoms with Gasteiger partial charge in [0.15, 0.2) is 0 Å². The lowest BCUT2D eigenvalue weighted by Crippen LogP contribution is -2.42. The van der Waals surface area contributed by atoms with Gasteiger partial charge >= 0.3 is 6.03 Å². The van der Waals surface area contributed by atoms with Gasteiger partial charge in [0.1, 0.15) is 17.7 Å². The predicted molar refractivity (Wildman–Crippen MR) is 101 cm³/mol. The monoisotopic (exact) mass is 427 g/mol. The third-order valence-corrected chi connectivity index (χ3v) is 5.07. The van der Waals surface area contributed by atoms with E-state index in [9.17, 15) is 14.4 Å². The van der Waals surface area contributed by atoms with Crippen LogP contribution in [0.25, 0.3) is 10.9 Å². The Labute approximate surface area is 161 Å². The van der Waals surface area contributed by atoms with E-state index in [1.165, 1.54) is 0 Å². The molecule has 2 heterocycles. The maximum atomic E-state index is 13.0. The van der Waals surface area contributed by atoms with Gasteiger partial charge in [-0.2, -0.15) is 4.68 Å². The molecule has 3 amide bonds. The molecule has 0 bridgehead atoms. The summed E-state index contributed by atoms with van der Waals surface area (Å²) < 4.78 is 1.80. The van der Waals surface area contributed by atoms with Crippen LogP contribution in [-0.2, 0) is 17.0 Å². The topological polar surface area (TPSA) is 97.2 Å². The summed E-state index contributed by atoms with van der Waals surface area (Å²) >= 11 is 3.37. The van der Waals surface area contributed by atoms with Crippen LogP contribution in [0.5, 0.6) is 0 Å². The summed E-state index contributed by atoms with van der Waals surface area (Å²) in [6.07, 6.45) is 0. The van der Waals surface area contributed by atoms with Crippen molar-refractivity contribution in [1.82, 2.24) is 25.2 Å². The molecule has 2 aromatic carbocycles. The molecule has 27 heavy (non-hydrogen) atoms. The number of carbonyl (C=O) groups excluding carboxylic acids is 2. The van der Waals surface area contributed by atoms with E-state index in [0.717, 1.165) is 14.1 Å². The highest BCUT2D eigenvalue weighted by molar-refractivity contribution is 9.10. The number of hydrogen-bond donors (Lipinski definition) is 1. The third kappa shape index (κ3) is 2.80. The molecule has 1 aliphatic heterocycles. The van der Waals surface area contributed by atoms with Crippen LogP contribution in [0.4, 0.5) is 4.79 Å². The van der Waals surface area contributed by atoms with Gasteiger partial charge in [0, 0.05) is 4.47 Å². The first-order valence-electron chi connectivity index (χ1n) is 8.13. The second-order valence-electron chi connectivity index (χ2n) is 6.35. The zero-order valence-electron chi connectivity index (χ0n) is 14.2. The van der Waals surface area contributed by atoms with Crippen molar-refractivity contribution in [3.05, 3.63) is 68.9 Å². The second-order valence-corrected chi connectivity index (χ2v) is 7.27. The summed E-state index contributed by atoms with van der Waals surface area (Å²) in [5.74, 6) is -0.465. The van der Waals surface area contributed by atoms with Gasteiger partial charge in [-0.3, -0.25) is 9.59 Å². The quantitative estimate of drug-likeness (QED) is 0.644. The third-order valence-electron chi connectivity index (χ3n) is 4.58. The number of nitrogens with zero attached hydrogens (tertiary/aromatic N) is 4. The molecule has 136 valence electrons. The van der Waals surface area contributed by atoms with E-state index in [4.69, 9.17) is 0 Å². The van der Waals surface area contributed by atoms with Crippen LogP contribution in [-0.4, -0.2) is 31.8 Å². The van der Waals surface area contributed by atoms with Gasteiger partial charge in [-0.15, -0.1) is 5.10 Å². The number of nitrogens with one attached hydrogen (secondary N) is 1. The van der Waals surface area contributed by atoms with Crippen LogP contribution in [0.1, 0.15) is 12.5 Å². The SMILES string of the molecule is CC1(c2cccc(Br)c2)NC(=O)N(Cn2nnc3ccccc3c2=O)C1=O. The molecule has 1 aromatic heterocycles. The Morgan fingerprint density at radius 3 is 2.67 bits per heavy atom. The first-order valence-corrected chi connectivity index (χ1v) is 8.92. The lowest BCUT2D eigenvalue weighted by molar-refractivity contribution is -0.132. The molecule has 4 rings (SSSR count). The lowest BCUT2D eigenvalue weighted by atomic mass is 9.92. The van der Waals surface area contributed by atoms with E-state index in [1.54, 1.807) is 49.4 Å². The molecule has 1 fully saturated rings. The number of fused-ring (bicyclic) bond motifs is 1.